The molecule has 0 spiro atoms. The predicted molar refractivity (Wildman–Crippen MR) is 67.2 cm³/mol. The fourth-order valence-corrected chi connectivity index (χ4v) is 1.71. The van der Waals surface area contributed by atoms with E-state index in [1.807, 2.05) is 19.1 Å². The minimum atomic E-state index is 0.320. The van der Waals surface area contributed by atoms with Gasteiger partial charge in [0, 0.05) is 12.1 Å². The van der Waals surface area contributed by atoms with Crippen LogP contribution in [0.1, 0.15) is 23.9 Å². The fourth-order valence-electron chi connectivity index (χ4n) is 1.71. The molecule has 96 valence electrons. The standard InChI is InChI=1S/C13H17N3O2/c1-3-14-7-11-6-4-5-10(2)13(11)17-8-12-15-9-18-16-12/h4-6,9,14H,3,7-8H2,1-2H3. The van der Waals surface area contributed by atoms with Gasteiger partial charge in [0.15, 0.2) is 6.61 Å². The van der Waals surface area contributed by atoms with Crippen molar-refractivity contribution in [1.29, 1.82) is 0 Å². The smallest absolute Gasteiger partial charge is 0.213 e. The monoisotopic (exact) mass is 247 g/mol. The van der Waals surface area contributed by atoms with Gasteiger partial charge in [-0.05, 0) is 19.0 Å². The van der Waals surface area contributed by atoms with Crippen LogP contribution in [0.15, 0.2) is 29.1 Å². The summed E-state index contributed by atoms with van der Waals surface area (Å²) in [6.07, 6.45) is 1.30. The summed E-state index contributed by atoms with van der Waals surface area (Å²) in [7, 11) is 0. The molecule has 0 radical (unpaired) electrons. The van der Waals surface area contributed by atoms with E-state index in [4.69, 9.17) is 4.74 Å². The minimum absolute atomic E-state index is 0.320. The van der Waals surface area contributed by atoms with Gasteiger partial charge in [0.05, 0.1) is 0 Å². The summed E-state index contributed by atoms with van der Waals surface area (Å²) >= 11 is 0. The molecule has 1 N–H and O–H groups in total. The van der Waals surface area contributed by atoms with Crippen LogP contribution in [-0.4, -0.2) is 16.7 Å². The number of benzene rings is 1. The van der Waals surface area contributed by atoms with Crippen molar-refractivity contribution in [2.24, 2.45) is 0 Å². The maximum Gasteiger partial charge on any atom is 0.213 e. The van der Waals surface area contributed by atoms with Crippen molar-refractivity contribution in [2.75, 3.05) is 6.54 Å². The molecule has 0 fully saturated rings. The van der Waals surface area contributed by atoms with Gasteiger partial charge in [0.25, 0.3) is 0 Å². The van der Waals surface area contributed by atoms with Crippen molar-refractivity contribution in [3.63, 3.8) is 0 Å². The van der Waals surface area contributed by atoms with Gasteiger partial charge in [0.1, 0.15) is 5.75 Å². The molecule has 2 aromatic rings. The zero-order valence-corrected chi connectivity index (χ0v) is 10.6. The molecule has 1 heterocycles. The van der Waals surface area contributed by atoms with Gasteiger partial charge in [-0.1, -0.05) is 30.3 Å². The number of rotatable bonds is 6. The number of aryl methyl sites for hydroxylation is 1. The fraction of sp³-hybridized carbons (Fsp3) is 0.385. The second kappa shape index (κ2) is 6.16. The normalized spacial score (nSPS) is 10.6. The number of ether oxygens (including phenoxy) is 1. The Morgan fingerprint density at radius 2 is 2.28 bits per heavy atom. The highest BCUT2D eigenvalue weighted by Crippen LogP contribution is 2.24. The van der Waals surface area contributed by atoms with Gasteiger partial charge in [0.2, 0.25) is 12.2 Å². The molecule has 5 nitrogen and oxygen atoms in total. The van der Waals surface area contributed by atoms with Gasteiger partial charge in [-0.15, -0.1) is 0 Å². The SMILES string of the molecule is CCNCc1cccc(C)c1OCc1ncon1. The third kappa shape index (κ3) is 3.07. The van der Waals surface area contributed by atoms with E-state index >= 15 is 0 Å². The summed E-state index contributed by atoms with van der Waals surface area (Å²) in [6.45, 7) is 6.15. The molecule has 5 heteroatoms. The summed E-state index contributed by atoms with van der Waals surface area (Å²) in [5.41, 5.74) is 2.24. The first-order chi connectivity index (χ1) is 8.81. The molecular weight excluding hydrogens is 230 g/mol. The molecule has 0 aliphatic heterocycles. The maximum atomic E-state index is 5.78. The topological polar surface area (TPSA) is 60.2 Å². The molecule has 2 rings (SSSR count). The summed E-state index contributed by atoms with van der Waals surface area (Å²) in [5.74, 6) is 1.44. The number of nitrogens with one attached hydrogen (secondary N) is 1. The van der Waals surface area contributed by atoms with Gasteiger partial charge < -0.3 is 14.6 Å². The molecule has 18 heavy (non-hydrogen) atoms. The van der Waals surface area contributed by atoms with E-state index < -0.39 is 0 Å². The number of para-hydroxylation sites is 1. The zero-order chi connectivity index (χ0) is 12.8. The summed E-state index contributed by atoms with van der Waals surface area (Å²) in [5, 5.41) is 7.02. The van der Waals surface area contributed by atoms with Crippen molar-refractivity contribution in [3.8, 4) is 5.75 Å². The average molecular weight is 247 g/mol. The number of aromatic nitrogens is 2. The number of hydrogen-bond acceptors (Lipinski definition) is 5. The Bertz CT molecular complexity index is 483. The molecule has 0 aliphatic rings. The predicted octanol–water partition coefficient (Wildman–Crippen LogP) is 2.07. The maximum absolute atomic E-state index is 5.78. The zero-order valence-electron chi connectivity index (χ0n) is 10.6. The lowest BCUT2D eigenvalue weighted by Gasteiger charge is -2.13. The molecular formula is C13H17N3O2. The molecule has 0 bridgehead atoms. The highest BCUT2D eigenvalue weighted by molar-refractivity contribution is 5.40. The van der Waals surface area contributed by atoms with E-state index in [9.17, 15) is 0 Å². The lowest BCUT2D eigenvalue weighted by atomic mass is 10.1. The summed E-state index contributed by atoms with van der Waals surface area (Å²) < 4.78 is 10.5. The minimum Gasteiger partial charge on any atom is -0.485 e. The molecule has 0 saturated carbocycles. The molecule has 1 aromatic heterocycles. The lowest BCUT2D eigenvalue weighted by molar-refractivity contribution is 0.281. The molecule has 0 amide bonds. The van der Waals surface area contributed by atoms with Crippen LogP contribution in [0.4, 0.5) is 0 Å². The van der Waals surface area contributed by atoms with Crippen LogP contribution in [-0.2, 0) is 13.2 Å². The van der Waals surface area contributed by atoms with E-state index in [1.54, 1.807) is 0 Å². The molecule has 0 aliphatic carbocycles. The van der Waals surface area contributed by atoms with Crippen LogP contribution in [0.2, 0.25) is 0 Å². The van der Waals surface area contributed by atoms with E-state index in [0.717, 1.165) is 30.0 Å². The van der Waals surface area contributed by atoms with Gasteiger partial charge in [-0.2, -0.15) is 4.98 Å². The highest BCUT2D eigenvalue weighted by Gasteiger charge is 2.08. The lowest BCUT2D eigenvalue weighted by Crippen LogP contribution is -2.13. The van der Waals surface area contributed by atoms with Gasteiger partial charge >= 0.3 is 0 Å². The van der Waals surface area contributed by atoms with E-state index in [1.165, 1.54) is 6.39 Å². The van der Waals surface area contributed by atoms with Crippen LogP contribution in [0, 0.1) is 6.92 Å². The van der Waals surface area contributed by atoms with Gasteiger partial charge in [-0.3, -0.25) is 0 Å². The van der Waals surface area contributed by atoms with Crippen LogP contribution in [0.25, 0.3) is 0 Å². The van der Waals surface area contributed by atoms with E-state index in [-0.39, 0.29) is 0 Å². The summed E-state index contributed by atoms with van der Waals surface area (Å²) in [4.78, 5) is 3.93. The van der Waals surface area contributed by atoms with Crippen molar-refractivity contribution < 1.29 is 9.26 Å². The molecule has 1 aromatic carbocycles. The first-order valence-electron chi connectivity index (χ1n) is 5.98. The van der Waals surface area contributed by atoms with E-state index in [0.29, 0.717) is 12.4 Å². The molecule has 0 unspecified atom stereocenters. The summed E-state index contributed by atoms with van der Waals surface area (Å²) in [6, 6.07) is 6.12. The van der Waals surface area contributed by atoms with Crippen LogP contribution in [0.5, 0.6) is 5.75 Å². The Hall–Kier alpha value is -1.88. The second-order valence-corrected chi connectivity index (χ2v) is 3.98. The highest BCUT2D eigenvalue weighted by atomic mass is 16.5. The largest absolute Gasteiger partial charge is 0.485 e. The average Bonchev–Trinajstić information content (AvgIpc) is 2.88. The van der Waals surface area contributed by atoms with Crippen molar-refractivity contribution in [2.45, 2.75) is 27.0 Å². The molecule has 0 saturated heterocycles. The van der Waals surface area contributed by atoms with Crippen LogP contribution < -0.4 is 10.1 Å². The van der Waals surface area contributed by atoms with Crippen molar-refractivity contribution in [1.82, 2.24) is 15.5 Å². The Kier molecular flexibility index (Phi) is 4.30. The third-order valence-electron chi connectivity index (χ3n) is 2.61. The Labute approximate surface area is 106 Å². The Balaban J connectivity index is 2.09. The van der Waals surface area contributed by atoms with Crippen molar-refractivity contribution in [3.05, 3.63) is 41.5 Å². The molecule has 0 atom stereocenters. The number of nitrogens with zero attached hydrogens (tertiary/aromatic N) is 2. The van der Waals surface area contributed by atoms with Gasteiger partial charge in [-0.25, -0.2) is 0 Å². The first kappa shape index (κ1) is 12.6. The number of hydrogen-bond donors (Lipinski definition) is 1. The van der Waals surface area contributed by atoms with Crippen molar-refractivity contribution >= 4 is 0 Å². The van der Waals surface area contributed by atoms with Crippen LogP contribution in [0.3, 0.4) is 0 Å². The quantitative estimate of drug-likeness (QED) is 0.846. The third-order valence-corrected chi connectivity index (χ3v) is 2.61. The van der Waals surface area contributed by atoms with E-state index in [2.05, 4.69) is 33.0 Å². The second-order valence-electron chi connectivity index (χ2n) is 3.98. The first-order valence-corrected chi connectivity index (χ1v) is 5.98. The Morgan fingerprint density at radius 3 is 3.00 bits per heavy atom. The van der Waals surface area contributed by atoms with Crippen LogP contribution >= 0.6 is 0 Å². The Morgan fingerprint density at radius 1 is 1.39 bits per heavy atom.